The van der Waals surface area contributed by atoms with Crippen molar-refractivity contribution in [2.24, 2.45) is 5.92 Å². The fourth-order valence-electron chi connectivity index (χ4n) is 6.58. The lowest BCUT2D eigenvalue weighted by Crippen LogP contribution is -2.43. The number of likely N-dealkylation sites (tertiary alicyclic amines) is 1. The van der Waals surface area contributed by atoms with Gasteiger partial charge in [0.2, 0.25) is 5.95 Å². The van der Waals surface area contributed by atoms with Crippen molar-refractivity contribution >= 4 is 22.8 Å². The lowest BCUT2D eigenvalue weighted by Gasteiger charge is -2.37. The zero-order valence-corrected chi connectivity index (χ0v) is 23.4. The molecule has 3 fully saturated rings. The lowest BCUT2D eigenvalue weighted by atomic mass is 9.85. The van der Waals surface area contributed by atoms with E-state index in [9.17, 15) is 13.2 Å². The van der Waals surface area contributed by atoms with Crippen LogP contribution >= 0.6 is 0 Å². The van der Waals surface area contributed by atoms with Crippen LogP contribution in [0.2, 0.25) is 0 Å². The largest absolute Gasteiger partial charge is 0.383 e. The van der Waals surface area contributed by atoms with Gasteiger partial charge < -0.3 is 19.7 Å². The Morgan fingerprint density at radius 1 is 1.07 bits per heavy atom. The summed E-state index contributed by atoms with van der Waals surface area (Å²) in [4.78, 5) is 18.1. The van der Waals surface area contributed by atoms with Crippen LogP contribution in [-0.2, 0) is 9.47 Å². The molecule has 0 spiro atoms. The fraction of sp³-hybridized carbons (Fsp3) is 0.621. The molecule has 4 heterocycles. The van der Waals surface area contributed by atoms with Crippen molar-refractivity contribution in [1.29, 1.82) is 0 Å². The van der Waals surface area contributed by atoms with Crippen molar-refractivity contribution < 1.29 is 22.6 Å². The van der Waals surface area contributed by atoms with E-state index in [0.29, 0.717) is 93.0 Å². The summed E-state index contributed by atoms with van der Waals surface area (Å²) >= 11 is 0. The molecule has 1 aromatic carbocycles. The smallest absolute Gasteiger partial charge is 0.296 e. The summed E-state index contributed by atoms with van der Waals surface area (Å²) in [7, 11) is 1.68. The van der Waals surface area contributed by atoms with Crippen molar-refractivity contribution in [3.05, 3.63) is 36.2 Å². The molecule has 1 N–H and O–H groups in total. The lowest BCUT2D eigenvalue weighted by molar-refractivity contribution is 0.0680. The van der Waals surface area contributed by atoms with Crippen LogP contribution in [-0.4, -0.2) is 95.8 Å². The first kappa shape index (κ1) is 28.2. The highest BCUT2D eigenvalue weighted by Crippen LogP contribution is 2.34. The van der Waals surface area contributed by atoms with Crippen molar-refractivity contribution in [3.8, 4) is 5.82 Å². The molecular weight excluding hydrogens is 535 g/mol. The normalized spacial score (nSPS) is 25.8. The minimum Gasteiger partial charge on any atom is -0.383 e. The summed E-state index contributed by atoms with van der Waals surface area (Å²) in [5.74, 6) is 1.53. The molecule has 3 aliphatic rings. The van der Waals surface area contributed by atoms with Gasteiger partial charge in [0, 0.05) is 51.4 Å². The van der Waals surface area contributed by atoms with Gasteiger partial charge in [0.1, 0.15) is 17.8 Å². The number of morpholine rings is 1. The summed E-state index contributed by atoms with van der Waals surface area (Å²) in [5.41, 5.74) is 1.06. The van der Waals surface area contributed by atoms with Gasteiger partial charge in [0.15, 0.2) is 5.82 Å². The molecule has 2 aromatic heterocycles. The Morgan fingerprint density at radius 3 is 2.61 bits per heavy atom. The maximum absolute atomic E-state index is 14.2. The number of rotatable bonds is 9. The van der Waals surface area contributed by atoms with E-state index in [1.807, 2.05) is 11.0 Å². The zero-order valence-electron chi connectivity index (χ0n) is 23.4. The topological polar surface area (TPSA) is 80.6 Å². The van der Waals surface area contributed by atoms with E-state index in [0.717, 1.165) is 25.7 Å². The van der Waals surface area contributed by atoms with Gasteiger partial charge in [-0.3, -0.25) is 9.47 Å². The number of ether oxygens (including phenoxy) is 2. The summed E-state index contributed by atoms with van der Waals surface area (Å²) in [6, 6.07) is 9.37. The van der Waals surface area contributed by atoms with Crippen LogP contribution in [0.15, 0.2) is 30.3 Å². The van der Waals surface area contributed by atoms with Crippen LogP contribution in [0.4, 0.5) is 24.9 Å². The van der Waals surface area contributed by atoms with E-state index in [2.05, 4.69) is 15.2 Å². The third-order valence-corrected chi connectivity index (χ3v) is 8.63. The van der Waals surface area contributed by atoms with Crippen LogP contribution in [0.5, 0.6) is 0 Å². The number of nitrogens with zero attached hydrogens (tertiary/aromatic N) is 6. The third-order valence-electron chi connectivity index (χ3n) is 8.63. The fourth-order valence-corrected chi connectivity index (χ4v) is 6.58. The Kier molecular flexibility index (Phi) is 8.59. The van der Waals surface area contributed by atoms with Gasteiger partial charge in [-0.05, 0) is 50.2 Å². The van der Waals surface area contributed by atoms with Gasteiger partial charge in [-0.1, -0.05) is 12.1 Å². The second kappa shape index (κ2) is 12.5. The van der Waals surface area contributed by atoms with E-state index in [-0.39, 0.29) is 11.9 Å². The van der Waals surface area contributed by atoms with Crippen molar-refractivity contribution in [2.45, 2.75) is 56.8 Å². The Hall–Kier alpha value is -2.96. The molecule has 1 saturated carbocycles. The van der Waals surface area contributed by atoms with Crippen LogP contribution in [0.25, 0.3) is 16.9 Å². The van der Waals surface area contributed by atoms with E-state index < -0.39 is 12.6 Å². The number of hydrogen-bond donors (Lipinski definition) is 1. The van der Waals surface area contributed by atoms with Gasteiger partial charge in [0.25, 0.3) is 6.43 Å². The number of halogens is 3. The predicted molar refractivity (Wildman–Crippen MR) is 151 cm³/mol. The predicted octanol–water partition coefficient (Wildman–Crippen LogP) is 4.62. The van der Waals surface area contributed by atoms with E-state index in [1.165, 1.54) is 4.57 Å². The number of fused-ring (bicyclic) bond motifs is 1. The number of nitrogens with one attached hydrogen (secondary N) is 1. The number of hydrogen-bond acceptors (Lipinski definition) is 8. The molecule has 12 heteroatoms. The number of alkyl halides is 3. The molecule has 1 aliphatic carbocycles. The molecule has 0 amide bonds. The third kappa shape index (κ3) is 6.14. The Morgan fingerprint density at radius 2 is 1.85 bits per heavy atom. The molecule has 0 unspecified atom stereocenters. The van der Waals surface area contributed by atoms with Gasteiger partial charge >= 0.3 is 0 Å². The minimum absolute atomic E-state index is 0.158. The Balaban J connectivity index is 1.20. The molecule has 9 nitrogen and oxygen atoms in total. The maximum Gasteiger partial charge on any atom is 0.296 e. The molecule has 0 bridgehead atoms. The molecule has 2 atom stereocenters. The van der Waals surface area contributed by atoms with Gasteiger partial charge in [-0.15, -0.1) is 0 Å². The van der Waals surface area contributed by atoms with Crippen LogP contribution in [0, 0.1) is 5.92 Å². The molecule has 6 rings (SSSR count). The van der Waals surface area contributed by atoms with Crippen LogP contribution < -0.4 is 10.2 Å². The van der Waals surface area contributed by atoms with Gasteiger partial charge in [0.05, 0.1) is 30.9 Å². The number of imidazole rings is 1. The summed E-state index contributed by atoms with van der Waals surface area (Å²) in [5, 5.41) is 3.49. The highest BCUT2D eigenvalue weighted by Gasteiger charge is 2.38. The van der Waals surface area contributed by atoms with E-state index >= 15 is 0 Å². The Labute approximate surface area is 238 Å². The molecule has 2 aliphatic heterocycles. The van der Waals surface area contributed by atoms with Crippen molar-refractivity contribution in [2.75, 3.05) is 63.3 Å². The first-order chi connectivity index (χ1) is 20.0. The molecule has 2 saturated heterocycles. The van der Waals surface area contributed by atoms with Crippen molar-refractivity contribution in [1.82, 2.24) is 24.4 Å². The standard InChI is InChI=1S/C29H38F3N7O2/c1-40-18-22-14-20(30)17-38(22)21-8-6-19(7-9-21)16-33-25-15-26(36-29(35-25)37-10-12-41-13-11-37)39-24-5-3-2-4-23(24)34-28(39)27(31)32/h2-5,15,19-22,27H,6-14,16-18H2,1H3,(H,33,35,36)/t19?,20-,21?,22-/m0/s1. The summed E-state index contributed by atoms with van der Waals surface area (Å²) < 4.78 is 54.7. The van der Waals surface area contributed by atoms with E-state index in [4.69, 9.17) is 19.4 Å². The van der Waals surface area contributed by atoms with E-state index in [1.54, 1.807) is 31.4 Å². The van der Waals surface area contributed by atoms with Crippen LogP contribution in [0.1, 0.15) is 44.4 Å². The molecule has 222 valence electrons. The second-order valence-corrected chi connectivity index (χ2v) is 11.3. The van der Waals surface area contributed by atoms with Crippen LogP contribution in [0.3, 0.4) is 0 Å². The average Bonchev–Trinajstić information content (AvgIpc) is 3.57. The number of benzene rings is 1. The zero-order chi connectivity index (χ0) is 28.3. The quantitative estimate of drug-likeness (QED) is 0.397. The highest BCUT2D eigenvalue weighted by molar-refractivity contribution is 5.78. The first-order valence-electron chi connectivity index (χ1n) is 14.6. The SMILES string of the molecule is COC[C@@H]1C[C@H](F)CN1C1CCC(CNc2cc(-n3c(C(F)F)nc4ccccc43)nc(N3CCOCC3)n2)CC1. The summed E-state index contributed by atoms with van der Waals surface area (Å²) in [6.45, 7) is 4.15. The average molecular weight is 574 g/mol. The Bertz CT molecular complexity index is 1310. The minimum atomic E-state index is -2.76. The molecule has 41 heavy (non-hydrogen) atoms. The highest BCUT2D eigenvalue weighted by atomic mass is 19.3. The number of methoxy groups -OCH3 is 1. The molecule has 0 radical (unpaired) electrons. The monoisotopic (exact) mass is 573 g/mol. The summed E-state index contributed by atoms with van der Waals surface area (Å²) in [6.07, 6.45) is 1.11. The number of aromatic nitrogens is 4. The molecular formula is C29H38F3N7O2. The van der Waals surface area contributed by atoms with Gasteiger partial charge in [-0.2, -0.15) is 9.97 Å². The first-order valence-corrected chi connectivity index (χ1v) is 14.6. The molecule has 3 aromatic rings. The number of para-hydroxylation sites is 2. The second-order valence-electron chi connectivity index (χ2n) is 11.3. The number of anilines is 2. The van der Waals surface area contributed by atoms with Gasteiger partial charge in [-0.25, -0.2) is 18.2 Å². The van der Waals surface area contributed by atoms with Crippen molar-refractivity contribution in [3.63, 3.8) is 0 Å². The maximum atomic E-state index is 14.2.